The second kappa shape index (κ2) is 4.59. The van der Waals surface area contributed by atoms with Gasteiger partial charge >= 0.3 is 6.09 Å². The van der Waals surface area contributed by atoms with Crippen LogP contribution in [0, 0.1) is 11.8 Å². The highest BCUT2D eigenvalue weighted by molar-refractivity contribution is 9.10. The Hall–Kier alpha value is -0.580. The van der Waals surface area contributed by atoms with Crippen molar-refractivity contribution in [3.05, 3.63) is 0 Å². The fourth-order valence-corrected chi connectivity index (χ4v) is 3.42. The lowest BCUT2D eigenvalue weighted by Crippen LogP contribution is -2.41. The van der Waals surface area contributed by atoms with Crippen LogP contribution in [0.1, 0.15) is 33.1 Å². The number of nitrogens with zero attached hydrogens (tertiary/aromatic N) is 1. The van der Waals surface area contributed by atoms with Crippen molar-refractivity contribution in [2.24, 2.45) is 11.8 Å². The summed E-state index contributed by atoms with van der Waals surface area (Å²) in [5.74, 6) is 0.195. The van der Waals surface area contributed by atoms with Crippen molar-refractivity contribution in [2.75, 3.05) is 13.2 Å². The lowest BCUT2D eigenvalue weighted by Gasteiger charge is -2.31. The zero-order chi connectivity index (χ0) is 12.6. The average molecular weight is 304 g/mol. The molecule has 0 aromatic carbocycles. The molecule has 0 bridgehead atoms. The summed E-state index contributed by atoms with van der Waals surface area (Å²) >= 11 is 3.65. The Morgan fingerprint density at radius 2 is 2.18 bits per heavy atom. The van der Waals surface area contributed by atoms with Crippen LogP contribution in [0.3, 0.4) is 0 Å². The van der Waals surface area contributed by atoms with Crippen LogP contribution in [0.25, 0.3) is 0 Å². The quantitative estimate of drug-likeness (QED) is 0.737. The SMILES string of the molecule is CC(C)(Br)[C@H]1CCC[C@@H]1C(=O)N1CCOC1=O. The van der Waals surface area contributed by atoms with E-state index in [0.717, 1.165) is 19.3 Å². The first-order valence-corrected chi connectivity index (χ1v) is 6.87. The zero-order valence-electron chi connectivity index (χ0n) is 10.2. The molecule has 0 unspecified atom stereocenters. The summed E-state index contributed by atoms with van der Waals surface area (Å²) in [5, 5.41) is 0. The third-order valence-electron chi connectivity index (χ3n) is 3.74. The van der Waals surface area contributed by atoms with E-state index in [2.05, 4.69) is 29.8 Å². The Morgan fingerprint density at radius 1 is 1.47 bits per heavy atom. The topological polar surface area (TPSA) is 46.6 Å². The molecule has 2 rings (SSSR count). The molecule has 1 saturated heterocycles. The number of rotatable bonds is 2. The number of carbonyl (C=O) groups excluding carboxylic acids is 2. The van der Waals surface area contributed by atoms with Gasteiger partial charge in [-0.05, 0) is 32.6 Å². The fourth-order valence-electron chi connectivity index (χ4n) is 2.87. The molecule has 1 aliphatic carbocycles. The molecule has 0 spiro atoms. The molecule has 1 saturated carbocycles. The summed E-state index contributed by atoms with van der Waals surface area (Å²) in [4.78, 5) is 25.0. The smallest absolute Gasteiger partial charge is 0.416 e. The Bertz CT molecular complexity index is 337. The van der Waals surface area contributed by atoms with Gasteiger partial charge in [0.1, 0.15) is 6.61 Å². The third kappa shape index (κ3) is 2.49. The van der Waals surface area contributed by atoms with Crippen LogP contribution in [0.5, 0.6) is 0 Å². The highest BCUT2D eigenvalue weighted by Gasteiger charge is 2.44. The number of imide groups is 1. The van der Waals surface area contributed by atoms with Gasteiger partial charge in [0.15, 0.2) is 0 Å². The summed E-state index contributed by atoms with van der Waals surface area (Å²) in [7, 11) is 0. The van der Waals surface area contributed by atoms with Crippen LogP contribution in [0.4, 0.5) is 4.79 Å². The molecule has 0 radical (unpaired) electrons. The number of ether oxygens (including phenoxy) is 1. The van der Waals surface area contributed by atoms with Crippen LogP contribution in [0.15, 0.2) is 0 Å². The Morgan fingerprint density at radius 3 is 2.71 bits per heavy atom. The lowest BCUT2D eigenvalue weighted by molar-refractivity contribution is -0.133. The number of hydrogen-bond acceptors (Lipinski definition) is 3. The van der Waals surface area contributed by atoms with Crippen molar-refractivity contribution in [2.45, 2.75) is 37.4 Å². The summed E-state index contributed by atoms with van der Waals surface area (Å²) in [6.07, 6.45) is 2.49. The summed E-state index contributed by atoms with van der Waals surface area (Å²) in [6.45, 7) is 4.92. The van der Waals surface area contributed by atoms with Crippen LogP contribution in [-0.2, 0) is 9.53 Å². The molecule has 2 atom stereocenters. The molecule has 2 fully saturated rings. The lowest BCUT2D eigenvalue weighted by atomic mass is 9.85. The normalized spacial score (nSPS) is 29.6. The number of hydrogen-bond donors (Lipinski definition) is 0. The van der Waals surface area contributed by atoms with Crippen molar-refractivity contribution < 1.29 is 14.3 Å². The van der Waals surface area contributed by atoms with Gasteiger partial charge in [-0.25, -0.2) is 9.69 Å². The van der Waals surface area contributed by atoms with Crippen molar-refractivity contribution in [3.63, 3.8) is 0 Å². The van der Waals surface area contributed by atoms with Gasteiger partial charge in [0.2, 0.25) is 5.91 Å². The number of halogens is 1. The second-order valence-corrected chi connectivity index (χ2v) is 7.36. The molecule has 5 heteroatoms. The van der Waals surface area contributed by atoms with E-state index in [1.54, 1.807) is 0 Å². The summed E-state index contributed by atoms with van der Waals surface area (Å²) < 4.78 is 4.76. The molecule has 96 valence electrons. The molecule has 0 N–H and O–H groups in total. The standard InChI is InChI=1S/C12H18BrNO3/c1-12(2,13)9-5-3-4-8(9)10(15)14-6-7-17-11(14)16/h8-9H,3-7H2,1-2H3/t8-,9-/m0/s1. The molecule has 1 aliphatic heterocycles. The first-order valence-electron chi connectivity index (χ1n) is 6.08. The van der Waals surface area contributed by atoms with Gasteiger partial charge in [0, 0.05) is 10.2 Å². The van der Waals surface area contributed by atoms with Crippen LogP contribution >= 0.6 is 15.9 Å². The highest BCUT2D eigenvalue weighted by atomic mass is 79.9. The van der Waals surface area contributed by atoms with E-state index < -0.39 is 6.09 Å². The molecule has 17 heavy (non-hydrogen) atoms. The van der Waals surface area contributed by atoms with Gasteiger partial charge in [-0.3, -0.25) is 4.79 Å². The maximum Gasteiger partial charge on any atom is 0.416 e. The molecule has 2 aliphatic rings. The van der Waals surface area contributed by atoms with Crippen molar-refractivity contribution >= 4 is 27.9 Å². The fraction of sp³-hybridized carbons (Fsp3) is 0.833. The molecule has 0 aromatic heterocycles. The second-order valence-electron chi connectivity index (χ2n) is 5.31. The minimum atomic E-state index is -0.479. The van der Waals surface area contributed by atoms with Gasteiger partial charge in [0.05, 0.1) is 6.54 Å². The van der Waals surface area contributed by atoms with Crippen LogP contribution in [0.2, 0.25) is 0 Å². The number of alkyl halides is 1. The van der Waals surface area contributed by atoms with E-state index >= 15 is 0 Å². The van der Waals surface area contributed by atoms with Crippen LogP contribution in [-0.4, -0.2) is 34.4 Å². The van der Waals surface area contributed by atoms with Crippen molar-refractivity contribution in [3.8, 4) is 0 Å². The predicted octanol–water partition coefficient (Wildman–Crippen LogP) is 2.56. The van der Waals surface area contributed by atoms with Crippen LogP contribution < -0.4 is 0 Å². The Balaban J connectivity index is 2.11. The third-order valence-corrected chi connectivity index (χ3v) is 4.33. The van der Waals surface area contributed by atoms with E-state index in [4.69, 9.17) is 4.74 Å². The largest absolute Gasteiger partial charge is 0.447 e. The Labute approximate surface area is 110 Å². The number of amides is 2. The van der Waals surface area contributed by atoms with E-state index in [0.29, 0.717) is 19.1 Å². The molecular formula is C12H18BrNO3. The molecule has 4 nitrogen and oxygen atoms in total. The molecular weight excluding hydrogens is 286 g/mol. The van der Waals surface area contributed by atoms with Crippen molar-refractivity contribution in [1.82, 2.24) is 4.90 Å². The van der Waals surface area contributed by atoms with Gasteiger partial charge in [-0.15, -0.1) is 0 Å². The summed E-state index contributed by atoms with van der Waals surface area (Å²) in [5.41, 5.74) is 0. The van der Waals surface area contributed by atoms with E-state index in [1.807, 2.05) is 0 Å². The number of cyclic esters (lactones) is 1. The van der Waals surface area contributed by atoms with E-state index in [9.17, 15) is 9.59 Å². The van der Waals surface area contributed by atoms with Gasteiger partial charge in [-0.2, -0.15) is 0 Å². The minimum absolute atomic E-state index is 0.0463. The first kappa shape index (κ1) is 12.9. The maximum atomic E-state index is 12.3. The Kier molecular flexibility index (Phi) is 3.48. The van der Waals surface area contributed by atoms with Gasteiger partial charge < -0.3 is 4.74 Å². The average Bonchev–Trinajstić information content (AvgIpc) is 2.82. The number of carbonyl (C=O) groups is 2. The zero-order valence-corrected chi connectivity index (χ0v) is 11.8. The van der Waals surface area contributed by atoms with E-state index in [-0.39, 0.29) is 16.1 Å². The van der Waals surface area contributed by atoms with Gasteiger partial charge in [-0.1, -0.05) is 22.4 Å². The molecule has 0 aromatic rings. The summed E-state index contributed by atoms with van der Waals surface area (Å²) in [6, 6.07) is 0. The monoisotopic (exact) mass is 303 g/mol. The van der Waals surface area contributed by atoms with E-state index in [1.165, 1.54) is 4.90 Å². The van der Waals surface area contributed by atoms with Crippen molar-refractivity contribution in [1.29, 1.82) is 0 Å². The van der Waals surface area contributed by atoms with Gasteiger partial charge in [0.25, 0.3) is 0 Å². The predicted molar refractivity (Wildman–Crippen MR) is 66.9 cm³/mol. The minimum Gasteiger partial charge on any atom is -0.447 e. The maximum absolute atomic E-state index is 12.3. The first-order chi connectivity index (χ1) is 7.91. The highest BCUT2D eigenvalue weighted by Crippen LogP contribution is 2.44. The molecule has 2 amide bonds. The molecule has 1 heterocycles.